The Bertz CT molecular complexity index is 1440. The van der Waals surface area contributed by atoms with E-state index in [9.17, 15) is 0 Å². The largest absolute Gasteiger partial charge is 0.309 e. The van der Waals surface area contributed by atoms with Crippen molar-refractivity contribution < 1.29 is 0 Å². The number of allylic oxidation sites excluding steroid dienone is 8. The average molecular weight is 414 g/mol. The molecular weight excluding hydrogens is 386 g/mol. The Balaban J connectivity index is 1.60. The second kappa shape index (κ2) is 7.84. The van der Waals surface area contributed by atoms with Crippen molar-refractivity contribution >= 4 is 27.4 Å². The van der Waals surface area contributed by atoms with E-state index in [0.717, 1.165) is 19.3 Å². The zero-order valence-electron chi connectivity index (χ0n) is 18.5. The Hall–Kier alpha value is -3.58. The van der Waals surface area contributed by atoms with E-state index in [1.165, 1.54) is 49.8 Å². The van der Waals surface area contributed by atoms with E-state index in [2.05, 4.69) is 115 Å². The first-order valence-electron chi connectivity index (χ1n) is 11.6. The van der Waals surface area contributed by atoms with Gasteiger partial charge in [0.25, 0.3) is 0 Å². The molecule has 2 aliphatic carbocycles. The van der Waals surface area contributed by atoms with Gasteiger partial charge in [-0.15, -0.1) is 0 Å². The van der Waals surface area contributed by atoms with Gasteiger partial charge in [0.2, 0.25) is 0 Å². The van der Waals surface area contributed by atoms with E-state index in [-0.39, 0.29) is 0 Å². The summed E-state index contributed by atoms with van der Waals surface area (Å²) >= 11 is 0. The third-order valence-corrected chi connectivity index (χ3v) is 6.79. The molecule has 1 heteroatoms. The van der Waals surface area contributed by atoms with Crippen LogP contribution >= 0.6 is 0 Å². The fraction of sp³-hybridized carbons (Fsp3) is 0.161. The van der Waals surface area contributed by atoms with Crippen LogP contribution in [0.25, 0.3) is 33.1 Å². The second-order valence-electron chi connectivity index (χ2n) is 8.97. The van der Waals surface area contributed by atoms with Crippen molar-refractivity contribution in [1.29, 1.82) is 0 Å². The fourth-order valence-electron chi connectivity index (χ4n) is 5.21. The maximum absolute atomic E-state index is 2.43. The lowest BCUT2D eigenvalue weighted by atomic mass is 9.89. The van der Waals surface area contributed by atoms with E-state index < -0.39 is 0 Å². The van der Waals surface area contributed by atoms with Crippen LogP contribution in [0.5, 0.6) is 0 Å². The molecule has 0 saturated heterocycles. The van der Waals surface area contributed by atoms with Crippen molar-refractivity contribution in [1.82, 2.24) is 4.57 Å². The summed E-state index contributed by atoms with van der Waals surface area (Å²) in [6.45, 7) is 2.19. The van der Waals surface area contributed by atoms with Crippen LogP contribution in [0.4, 0.5) is 0 Å². The van der Waals surface area contributed by atoms with Crippen LogP contribution in [0.2, 0.25) is 0 Å². The summed E-state index contributed by atoms with van der Waals surface area (Å²) in [5.74, 6) is 0.451. The molecule has 1 aromatic heterocycles. The predicted octanol–water partition coefficient (Wildman–Crippen LogP) is 8.51. The standard InChI is InChI=1S/C31H27N/c1-22-9-8-12-24(19-22)26-16-18-31-29(21-26)28-20-25(23-10-4-2-5-11-23)15-17-30(28)32(31)27-13-6-3-7-14-27/h3-4,6-11,13-21,24H,2,5,12H2,1H3. The lowest BCUT2D eigenvalue weighted by molar-refractivity contribution is 0.845. The summed E-state index contributed by atoms with van der Waals surface area (Å²) in [6.07, 6.45) is 17.2. The molecule has 0 amide bonds. The molecule has 0 fully saturated rings. The molecular formula is C31H27N. The van der Waals surface area contributed by atoms with Gasteiger partial charge < -0.3 is 4.57 Å². The van der Waals surface area contributed by atoms with Crippen LogP contribution in [0, 0.1) is 0 Å². The zero-order chi connectivity index (χ0) is 21.5. The minimum absolute atomic E-state index is 0.451. The minimum Gasteiger partial charge on any atom is -0.309 e. The number of hydrogen-bond acceptors (Lipinski definition) is 0. The molecule has 156 valence electrons. The summed E-state index contributed by atoms with van der Waals surface area (Å²) in [5.41, 5.74) is 9.14. The summed E-state index contributed by atoms with van der Waals surface area (Å²) in [5, 5.41) is 2.67. The predicted molar refractivity (Wildman–Crippen MR) is 137 cm³/mol. The van der Waals surface area contributed by atoms with Crippen LogP contribution < -0.4 is 0 Å². The topological polar surface area (TPSA) is 4.93 Å². The Labute approximate surface area is 189 Å². The van der Waals surface area contributed by atoms with Gasteiger partial charge in [0.1, 0.15) is 0 Å². The van der Waals surface area contributed by atoms with E-state index in [4.69, 9.17) is 0 Å². The molecule has 0 radical (unpaired) electrons. The van der Waals surface area contributed by atoms with Crippen LogP contribution in [0.15, 0.2) is 109 Å². The van der Waals surface area contributed by atoms with Gasteiger partial charge in [-0.1, -0.05) is 72.4 Å². The molecule has 0 spiro atoms. The number of hydrogen-bond donors (Lipinski definition) is 0. The highest BCUT2D eigenvalue weighted by atomic mass is 15.0. The molecule has 3 aromatic carbocycles. The van der Waals surface area contributed by atoms with Crippen LogP contribution in [0.1, 0.15) is 43.2 Å². The van der Waals surface area contributed by atoms with Crippen molar-refractivity contribution in [3.8, 4) is 5.69 Å². The normalized spacial score (nSPS) is 18.2. The number of aromatic nitrogens is 1. The first-order valence-corrected chi connectivity index (χ1v) is 11.6. The van der Waals surface area contributed by atoms with Gasteiger partial charge in [-0.05, 0) is 79.3 Å². The monoisotopic (exact) mass is 413 g/mol. The molecule has 0 saturated carbocycles. The molecule has 0 bridgehead atoms. The van der Waals surface area contributed by atoms with Crippen molar-refractivity contribution in [3.05, 3.63) is 120 Å². The molecule has 0 N–H and O–H groups in total. The number of rotatable bonds is 3. The molecule has 32 heavy (non-hydrogen) atoms. The quantitative estimate of drug-likeness (QED) is 0.317. The average Bonchev–Trinajstić information content (AvgIpc) is 3.18. The maximum Gasteiger partial charge on any atom is 0.0541 e. The van der Waals surface area contributed by atoms with Crippen LogP contribution in [0.3, 0.4) is 0 Å². The van der Waals surface area contributed by atoms with Crippen molar-refractivity contribution in [3.63, 3.8) is 0 Å². The van der Waals surface area contributed by atoms with E-state index in [0.29, 0.717) is 5.92 Å². The highest BCUT2D eigenvalue weighted by Crippen LogP contribution is 2.37. The molecule has 1 heterocycles. The van der Waals surface area contributed by atoms with Gasteiger partial charge in [-0.3, -0.25) is 0 Å². The fourth-order valence-corrected chi connectivity index (χ4v) is 5.21. The molecule has 4 aromatic rings. The Kier molecular flexibility index (Phi) is 4.69. The third kappa shape index (κ3) is 3.26. The summed E-state index contributed by atoms with van der Waals surface area (Å²) < 4.78 is 2.41. The lowest BCUT2D eigenvalue weighted by Crippen LogP contribution is -1.98. The van der Waals surface area contributed by atoms with E-state index in [1.807, 2.05) is 0 Å². The first-order chi connectivity index (χ1) is 15.8. The maximum atomic E-state index is 2.43. The number of benzene rings is 3. The van der Waals surface area contributed by atoms with Gasteiger partial charge in [0.15, 0.2) is 0 Å². The van der Waals surface area contributed by atoms with Crippen LogP contribution in [-0.4, -0.2) is 4.57 Å². The molecule has 2 aliphatic rings. The summed E-state index contributed by atoms with van der Waals surface area (Å²) in [7, 11) is 0. The molecule has 1 nitrogen and oxygen atoms in total. The second-order valence-corrected chi connectivity index (χ2v) is 8.97. The Morgan fingerprint density at radius 3 is 2.38 bits per heavy atom. The van der Waals surface area contributed by atoms with Gasteiger partial charge in [0, 0.05) is 22.4 Å². The lowest BCUT2D eigenvalue weighted by Gasteiger charge is -2.16. The molecule has 1 unspecified atom stereocenters. The van der Waals surface area contributed by atoms with Crippen LogP contribution in [-0.2, 0) is 0 Å². The smallest absolute Gasteiger partial charge is 0.0541 e. The van der Waals surface area contributed by atoms with Gasteiger partial charge in [-0.2, -0.15) is 0 Å². The number of nitrogens with zero attached hydrogens (tertiary/aromatic N) is 1. The van der Waals surface area contributed by atoms with Gasteiger partial charge >= 0.3 is 0 Å². The van der Waals surface area contributed by atoms with Crippen molar-refractivity contribution in [2.75, 3.05) is 0 Å². The first kappa shape index (κ1) is 19.1. The SMILES string of the molecule is CC1=CC(c2ccc3c(c2)c2cc(C4=CCCC=C4)ccc2n3-c2ccccc2)CC=C1. The van der Waals surface area contributed by atoms with Gasteiger partial charge in [-0.25, -0.2) is 0 Å². The third-order valence-electron chi connectivity index (χ3n) is 6.79. The zero-order valence-corrected chi connectivity index (χ0v) is 18.5. The van der Waals surface area contributed by atoms with E-state index >= 15 is 0 Å². The molecule has 6 rings (SSSR count). The number of fused-ring (bicyclic) bond motifs is 3. The molecule has 1 atom stereocenters. The minimum atomic E-state index is 0.451. The number of para-hydroxylation sites is 1. The van der Waals surface area contributed by atoms with Crippen molar-refractivity contribution in [2.24, 2.45) is 0 Å². The highest BCUT2D eigenvalue weighted by Gasteiger charge is 2.17. The highest BCUT2D eigenvalue weighted by molar-refractivity contribution is 6.10. The summed E-state index contributed by atoms with van der Waals surface area (Å²) in [4.78, 5) is 0. The summed E-state index contributed by atoms with van der Waals surface area (Å²) in [6, 6.07) is 24.8. The van der Waals surface area contributed by atoms with Crippen molar-refractivity contribution in [2.45, 2.75) is 32.1 Å². The van der Waals surface area contributed by atoms with E-state index in [1.54, 1.807) is 0 Å². The van der Waals surface area contributed by atoms with Gasteiger partial charge in [0.05, 0.1) is 11.0 Å². The Morgan fingerprint density at radius 1 is 0.781 bits per heavy atom. The molecule has 0 aliphatic heterocycles. The Morgan fingerprint density at radius 2 is 1.59 bits per heavy atom.